The first-order valence-electron chi connectivity index (χ1n) is 5.78. The second-order valence-corrected chi connectivity index (χ2v) is 7.27. The predicted octanol–water partition coefficient (Wildman–Crippen LogP) is 1.74. The molecule has 1 aromatic rings. The zero-order valence-electron chi connectivity index (χ0n) is 10.9. The molecule has 1 atom stereocenters. The molecule has 0 saturated carbocycles. The monoisotopic (exact) mass is 318 g/mol. The summed E-state index contributed by atoms with van der Waals surface area (Å²) in [4.78, 5) is 0.219. The highest BCUT2D eigenvalue weighted by molar-refractivity contribution is 7.98. The highest BCUT2D eigenvalue weighted by Crippen LogP contribution is 2.16. The quantitative estimate of drug-likeness (QED) is 0.749. The van der Waals surface area contributed by atoms with Crippen LogP contribution in [0.5, 0.6) is 0 Å². The lowest BCUT2D eigenvalue weighted by atomic mass is 10.2. The maximum atomic E-state index is 12.3. The zero-order chi connectivity index (χ0) is 14.5. The van der Waals surface area contributed by atoms with Crippen LogP contribution in [-0.2, 0) is 10.0 Å². The number of thioether (sulfide) groups is 1. The van der Waals surface area contributed by atoms with Crippen LogP contribution in [0.4, 0.5) is 0 Å². The molecule has 0 aliphatic rings. The molecule has 106 valence electrons. The van der Waals surface area contributed by atoms with Gasteiger partial charge in [-0.15, -0.1) is 0 Å². The van der Waals surface area contributed by atoms with Crippen molar-refractivity contribution in [3.8, 4) is 0 Å². The van der Waals surface area contributed by atoms with Gasteiger partial charge in [-0.25, -0.2) is 13.1 Å². The number of hydrogen-bond donors (Lipinski definition) is 2. The van der Waals surface area contributed by atoms with Gasteiger partial charge in [0, 0.05) is 11.6 Å². The van der Waals surface area contributed by atoms with Crippen molar-refractivity contribution in [2.24, 2.45) is 5.73 Å². The summed E-state index contributed by atoms with van der Waals surface area (Å²) < 4.78 is 27.2. The van der Waals surface area contributed by atoms with E-state index in [1.807, 2.05) is 13.2 Å². The van der Waals surface area contributed by atoms with Crippen molar-refractivity contribution in [3.63, 3.8) is 0 Å². The summed E-state index contributed by atoms with van der Waals surface area (Å²) in [7, 11) is -3.59. The van der Waals surface area contributed by atoms with Gasteiger partial charge in [-0.05, 0) is 31.4 Å². The molecule has 0 fully saturated rings. The van der Waals surface area contributed by atoms with Crippen LogP contribution >= 0.6 is 24.0 Å². The molecule has 3 N–H and O–H groups in total. The molecule has 0 aliphatic heterocycles. The Morgan fingerprint density at radius 3 is 2.68 bits per heavy atom. The Bertz CT molecular complexity index is 544. The first-order valence-corrected chi connectivity index (χ1v) is 9.07. The normalized spacial score (nSPS) is 13.2. The van der Waals surface area contributed by atoms with E-state index in [0.29, 0.717) is 5.56 Å². The number of benzene rings is 1. The lowest BCUT2D eigenvalue weighted by Crippen LogP contribution is -2.34. The molecule has 7 heteroatoms. The van der Waals surface area contributed by atoms with Gasteiger partial charge in [0.05, 0.1) is 4.90 Å². The fraction of sp³-hybridized carbons (Fsp3) is 0.417. The molecule has 0 spiro atoms. The largest absolute Gasteiger partial charge is 0.389 e. The Balaban J connectivity index is 2.98. The van der Waals surface area contributed by atoms with Crippen molar-refractivity contribution in [1.82, 2.24) is 4.72 Å². The fourth-order valence-corrected chi connectivity index (χ4v) is 3.92. The third-order valence-corrected chi connectivity index (χ3v) is 5.06. The van der Waals surface area contributed by atoms with Crippen LogP contribution in [0.2, 0.25) is 0 Å². The Kier molecular flexibility index (Phi) is 6.25. The fourth-order valence-electron chi connectivity index (χ4n) is 1.59. The van der Waals surface area contributed by atoms with Gasteiger partial charge in [-0.1, -0.05) is 30.4 Å². The van der Waals surface area contributed by atoms with Gasteiger partial charge in [0.1, 0.15) is 4.99 Å². The lowest BCUT2D eigenvalue weighted by Gasteiger charge is -2.15. The van der Waals surface area contributed by atoms with Crippen LogP contribution < -0.4 is 10.5 Å². The third-order valence-electron chi connectivity index (χ3n) is 2.55. The highest BCUT2D eigenvalue weighted by Gasteiger charge is 2.21. The van der Waals surface area contributed by atoms with Crippen LogP contribution in [0.15, 0.2) is 29.2 Å². The maximum Gasteiger partial charge on any atom is 0.241 e. The topological polar surface area (TPSA) is 72.2 Å². The summed E-state index contributed by atoms with van der Waals surface area (Å²) in [5.41, 5.74) is 5.94. The molecule has 0 radical (unpaired) electrons. The van der Waals surface area contributed by atoms with Crippen molar-refractivity contribution in [2.75, 3.05) is 12.0 Å². The van der Waals surface area contributed by atoms with Gasteiger partial charge in [-0.2, -0.15) is 11.8 Å². The summed E-state index contributed by atoms with van der Waals surface area (Å²) in [6, 6.07) is 6.37. The first kappa shape index (κ1) is 16.4. The molecule has 1 aromatic carbocycles. The SMILES string of the molecule is CSCCC(C)NS(=O)(=O)c1ccccc1C(N)=S. The van der Waals surface area contributed by atoms with Crippen LogP contribution in [0, 0.1) is 0 Å². The smallest absolute Gasteiger partial charge is 0.241 e. The Labute approximate surface area is 124 Å². The number of rotatable bonds is 7. The lowest BCUT2D eigenvalue weighted by molar-refractivity contribution is 0.557. The van der Waals surface area contributed by atoms with Gasteiger partial charge < -0.3 is 5.73 Å². The van der Waals surface area contributed by atoms with Crippen LogP contribution in [-0.4, -0.2) is 31.5 Å². The first-order chi connectivity index (χ1) is 8.88. The van der Waals surface area contributed by atoms with Crippen molar-refractivity contribution in [3.05, 3.63) is 29.8 Å². The number of hydrogen-bond acceptors (Lipinski definition) is 4. The van der Waals surface area contributed by atoms with E-state index in [1.165, 1.54) is 6.07 Å². The number of nitrogens with two attached hydrogens (primary N) is 1. The third kappa shape index (κ3) is 4.76. The summed E-state index contributed by atoms with van der Waals surface area (Å²) in [6.45, 7) is 1.84. The number of thiocarbonyl (C=S) groups is 1. The van der Waals surface area contributed by atoms with Crippen molar-refractivity contribution >= 4 is 39.0 Å². The average Bonchev–Trinajstić information content (AvgIpc) is 2.35. The van der Waals surface area contributed by atoms with Gasteiger partial charge in [0.15, 0.2) is 0 Å². The highest BCUT2D eigenvalue weighted by atomic mass is 32.2. The molecular formula is C12H18N2O2S3. The molecule has 19 heavy (non-hydrogen) atoms. The molecule has 0 saturated heterocycles. The maximum absolute atomic E-state index is 12.3. The number of sulfonamides is 1. The second kappa shape index (κ2) is 7.23. The van der Waals surface area contributed by atoms with E-state index < -0.39 is 10.0 Å². The molecule has 1 unspecified atom stereocenters. The second-order valence-electron chi connectivity index (χ2n) is 4.16. The summed E-state index contributed by atoms with van der Waals surface area (Å²) >= 11 is 6.57. The van der Waals surface area contributed by atoms with E-state index in [0.717, 1.165) is 12.2 Å². The molecule has 0 aromatic heterocycles. The van der Waals surface area contributed by atoms with E-state index in [2.05, 4.69) is 4.72 Å². The minimum Gasteiger partial charge on any atom is -0.389 e. The van der Waals surface area contributed by atoms with Crippen molar-refractivity contribution in [2.45, 2.75) is 24.3 Å². The zero-order valence-corrected chi connectivity index (χ0v) is 13.4. The van der Waals surface area contributed by atoms with Crippen LogP contribution in [0.1, 0.15) is 18.9 Å². The van der Waals surface area contributed by atoms with Crippen molar-refractivity contribution < 1.29 is 8.42 Å². The molecule has 4 nitrogen and oxygen atoms in total. The van der Waals surface area contributed by atoms with E-state index in [-0.39, 0.29) is 15.9 Å². The van der Waals surface area contributed by atoms with Gasteiger partial charge in [-0.3, -0.25) is 0 Å². The molecule has 0 amide bonds. The van der Waals surface area contributed by atoms with Gasteiger partial charge in [0.25, 0.3) is 0 Å². The van der Waals surface area contributed by atoms with E-state index in [1.54, 1.807) is 30.0 Å². The molecule has 0 aliphatic carbocycles. The van der Waals surface area contributed by atoms with Gasteiger partial charge >= 0.3 is 0 Å². The number of nitrogens with one attached hydrogen (secondary N) is 1. The molecule has 0 bridgehead atoms. The van der Waals surface area contributed by atoms with E-state index in [4.69, 9.17) is 18.0 Å². The van der Waals surface area contributed by atoms with Crippen LogP contribution in [0.25, 0.3) is 0 Å². The average molecular weight is 318 g/mol. The van der Waals surface area contributed by atoms with Crippen molar-refractivity contribution in [1.29, 1.82) is 0 Å². The molecule has 0 heterocycles. The predicted molar refractivity (Wildman–Crippen MR) is 85.1 cm³/mol. The molecular weight excluding hydrogens is 300 g/mol. The van der Waals surface area contributed by atoms with E-state index in [9.17, 15) is 8.42 Å². The minimum absolute atomic E-state index is 0.0812. The Morgan fingerprint density at radius 1 is 1.47 bits per heavy atom. The summed E-state index contributed by atoms with van der Waals surface area (Å²) in [5, 5.41) is 0. The van der Waals surface area contributed by atoms with Crippen LogP contribution in [0.3, 0.4) is 0 Å². The Morgan fingerprint density at radius 2 is 2.11 bits per heavy atom. The standard InChI is InChI=1S/C12H18N2O2S3/c1-9(7-8-18-2)14-19(15,16)11-6-4-3-5-10(11)12(13)17/h3-6,9,14H,7-8H2,1-2H3,(H2,13,17). The minimum atomic E-state index is -3.59. The van der Waals surface area contributed by atoms with E-state index >= 15 is 0 Å². The summed E-state index contributed by atoms with van der Waals surface area (Å²) in [6.07, 6.45) is 2.76. The molecule has 1 rings (SSSR count). The summed E-state index contributed by atoms with van der Waals surface area (Å²) in [5.74, 6) is 0.903. The Hall–Kier alpha value is -0.630. The van der Waals surface area contributed by atoms with Gasteiger partial charge in [0.2, 0.25) is 10.0 Å².